The molecule has 1 amide bonds. The Bertz CT molecular complexity index is 634. The molecule has 2 aromatic rings. The fraction of sp³-hybridized carbons (Fsp3) is 0.538. The number of aromatic amines is 1. The zero-order valence-corrected chi connectivity index (χ0v) is 12.1. The number of hydrogen-bond acceptors (Lipinski definition) is 5. The predicted molar refractivity (Wildman–Crippen MR) is 73.4 cm³/mol. The van der Waals surface area contributed by atoms with Crippen molar-refractivity contribution in [2.75, 3.05) is 19.7 Å². The Morgan fingerprint density at radius 1 is 1.52 bits per heavy atom. The summed E-state index contributed by atoms with van der Waals surface area (Å²) in [6, 6.07) is 0. The minimum atomic E-state index is -0.271. The van der Waals surface area contributed by atoms with E-state index in [0.717, 1.165) is 11.4 Å². The number of morpholine rings is 1. The number of ether oxygens (including phenoxy) is 1. The second-order valence-corrected chi connectivity index (χ2v) is 5.19. The molecule has 2 aromatic heterocycles. The SMILES string of the molecule is Cc1cnn(CC(=O)N2CCO[C@@H](c3n[nH]c(C)n3)C2)c1. The number of aromatic nitrogens is 5. The van der Waals surface area contributed by atoms with Crippen LogP contribution in [0, 0.1) is 13.8 Å². The number of rotatable bonds is 3. The van der Waals surface area contributed by atoms with E-state index < -0.39 is 0 Å². The van der Waals surface area contributed by atoms with E-state index in [0.29, 0.717) is 25.5 Å². The number of H-pyrrole nitrogens is 1. The molecular weight excluding hydrogens is 272 g/mol. The highest BCUT2D eigenvalue weighted by molar-refractivity contribution is 5.76. The molecule has 0 radical (unpaired) electrons. The number of hydrogen-bond donors (Lipinski definition) is 1. The maximum absolute atomic E-state index is 12.3. The van der Waals surface area contributed by atoms with Gasteiger partial charge in [-0.15, -0.1) is 0 Å². The maximum Gasteiger partial charge on any atom is 0.244 e. The summed E-state index contributed by atoms with van der Waals surface area (Å²) < 4.78 is 7.30. The van der Waals surface area contributed by atoms with Crippen molar-refractivity contribution in [3.05, 3.63) is 29.6 Å². The van der Waals surface area contributed by atoms with Crippen molar-refractivity contribution in [1.82, 2.24) is 29.9 Å². The van der Waals surface area contributed by atoms with Crippen LogP contribution in [0.4, 0.5) is 0 Å². The van der Waals surface area contributed by atoms with Crippen molar-refractivity contribution in [2.24, 2.45) is 0 Å². The zero-order chi connectivity index (χ0) is 14.8. The van der Waals surface area contributed by atoms with Gasteiger partial charge in [0.1, 0.15) is 18.5 Å². The Hall–Kier alpha value is -2.22. The summed E-state index contributed by atoms with van der Waals surface area (Å²) in [4.78, 5) is 18.4. The molecule has 0 aliphatic carbocycles. The van der Waals surface area contributed by atoms with E-state index in [1.54, 1.807) is 15.8 Å². The molecule has 3 heterocycles. The number of carbonyl (C=O) groups excluding carboxylic acids is 1. The average Bonchev–Trinajstić information content (AvgIpc) is 3.08. The van der Waals surface area contributed by atoms with E-state index in [1.807, 2.05) is 20.0 Å². The minimum absolute atomic E-state index is 0.0265. The summed E-state index contributed by atoms with van der Waals surface area (Å²) in [6.07, 6.45) is 3.33. The largest absolute Gasteiger partial charge is 0.366 e. The van der Waals surface area contributed by atoms with Gasteiger partial charge in [-0.3, -0.25) is 14.6 Å². The van der Waals surface area contributed by atoms with Gasteiger partial charge in [0.15, 0.2) is 5.82 Å². The minimum Gasteiger partial charge on any atom is -0.366 e. The summed E-state index contributed by atoms with van der Waals surface area (Å²) in [7, 11) is 0. The monoisotopic (exact) mass is 290 g/mol. The van der Waals surface area contributed by atoms with E-state index in [9.17, 15) is 4.79 Å². The highest BCUT2D eigenvalue weighted by Crippen LogP contribution is 2.19. The lowest BCUT2D eigenvalue weighted by Crippen LogP contribution is -2.44. The highest BCUT2D eigenvalue weighted by Gasteiger charge is 2.28. The third-order valence-corrected chi connectivity index (χ3v) is 3.38. The van der Waals surface area contributed by atoms with Crippen molar-refractivity contribution < 1.29 is 9.53 Å². The normalized spacial score (nSPS) is 19.0. The van der Waals surface area contributed by atoms with Gasteiger partial charge in [0.05, 0.1) is 19.3 Å². The molecule has 1 saturated heterocycles. The first-order valence-electron chi connectivity index (χ1n) is 6.89. The summed E-state index contributed by atoms with van der Waals surface area (Å²) in [6.45, 7) is 5.57. The Kier molecular flexibility index (Phi) is 3.70. The van der Waals surface area contributed by atoms with Crippen LogP contribution >= 0.6 is 0 Å². The van der Waals surface area contributed by atoms with E-state index in [-0.39, 0.29) is 18.6 Å². The van der Waals surface area contributed by atoms with Crippen LogP contribution in [0.2, 0.25) is 0 Å². The molecule has 0 aromatic carbocycles. The zero-order valence-electron chi connectivity index (χ0n) is 12.1. The van der Waals surface area contributed by atoms with Gasteiger partial charge in [-0.2, -0.15) is 10.2 Å². The van der Waals surface area contributed by atoms with Gasteiger partial charge in [0.2, 0.25) is 5.91 Å². The Labute approximate surface area is 122 Å². The second-order valence-electron chi connectivity index (χ2n) is 5.19. The summed E-state index contributed by atoms with van der Waals surface area (Å²) in [5, 5.41) is 11.0. The Balaban J connectivity index is 1.64. The van der Waals surface area contributed by atoms with E-state index in [4.69, 9.17) is 4.74 Å². The van der Waals surface area contributed by atoms with E-state index in [1.165, 1.54) is 0 Å². The topological polar surface area (TPSA) is 88.9 Å². The van der Waals surface area contributed by atoms with Gasteiger partial charge in [-0.05, 0) is 19.4 Å². The maximum atomic E-state index is 12.3. The van der Waals surface area contributed by atoms with Crippen LogP contribution in [0.1, 0.15) is 23.3 Å². The predicted octanol–water partition coefficient (Wildman–Crippen LogP) is 0.218. The van der Waals surface area contributed by atoms with Crippen LogP contribution in [0.25, 0.3) is 0 Å². The molecule has 8 heteroatoms. The van der Waals surface area contributed by atoms with Gasteiger partial charge in [-0.1, -0.05) is 0 Å². The molecule has 1 N–H and O–H groups in total. The van der Waals surface area contributed by atoms with Crippen LogP contribution in [-0.2, 0) is 16.1 Å². The van der Waals surface area contributed by atoms with Crippen molar-refractivity contribution in [2.45, 2.75) is 26.5 Å². The lowest BCUT2D eigenvalue weighted by molar-refractivity contribution is -0.140. The molecule has 1 aliphatic rings. The third-order valence-electron chi connectivity index (χ3n) is 3.38. The lowest BCUT2D eigenvalue weighted by Gasteiger charge is -2.31. The molecular formula is C13H18N6O2. The second kappa shape index (κ2) is 5.65. The molecule has 1 aliphatic heterocycles. The van der Waals surface area contributed by atoms with Gasteiger partial charge in [0.25, 0.3) is 0 Å². The molecule has 0 bridgehead atoms. The van der Waals surface area contributed by atoms with Gasteiger partial charge < -0.3 is 9.64 Å². The number of carbonyl (C=O) groups is 1. The van der Waals surface area contributed by atoms with Crippen LogP contribution in [0.15, 0.2) is 12.4 Å². The fourth-order valence-corrected chi connectivity index (χ4v) is 2.33. The summed E-state index contributed by atoms with van der Waals surface area (Å²) in [5.74, 6) is 1.36. The quantitative estimate of drug-likeness (QED) is 0.873. The lowest BCUT2D eigenvalue weighted by atomic mass is 10.2. The van der Waals surface area contributed by atoms with Crippen LogP contribution in [0.5, 0.6) is 0 Å². The van der Waals surface area contributed by atoms with Gasteiger partial charge in [0, 0.05) is 12.7 Å². The van der Waals surface area contributed by atoms with Crippen LogP contribution in [0.3, 0.4) is 0 Å². The van der Waals surface area contributed by atoms with Crippen molar-refractivity contribution in [3.63, 3.8) is 0 Å². The smallest absolute Gasteiger partial charge is 0.244 e. The molecule has 1 atom stereocenters. The van der Waals surface area contributed by atoms with Crippen LogP contribution < -0.4 is 0 Å². The average molecular weight is 290 g/mol. The number of nitrogens with one attached hydrogen (secondary N) is 1. The van der Waals surface area contributed by atoms with Crippen LogP contribution in [-0.4, -0.2) is 55.5 Å². The van der Waals surface area contributed by atoms with Crippen molar-refractivity contribution >= 4 is 5.91 Å². The summed E-state index contributed by atoms with van der Waals surface area (Å²) >= 11 is 0. The first-order valence-corrected chi connectivity index (χ1v) is 6.89. The number of amides is 1. The standard InChI is InChI=1S/C13H18N6O2/c1-9-5-14-19(6-9)8-12(20)18-3-4-21-11(7-18)13-15-10(2)16-17-13/h5-6,11H,3-4,7-8H2,1-2H3,(H,15,16,17)/t11-/m1/s1. The fourth-order valence-electron chi connectivity index (χ4n) is 2.33. The molecule has 1 fully saturated rings. The number of nitrogens with zero attached hydrogens (tertiary/aromatic N) is 5. The summed E-state index contributed by atoms with van der Waals surface area (Å²) in [5.41, 5.74) is 1.04. The van der Waals surface area contributed by atoms with Gasteiger partial charge >= 0.3 is 0 Å². The Morgan fingerprint density at radius 2 is 2.38 bits per heavy atom. The van der Waals surface area contributed by atoms with E-state index >= 15 is 0 Å². The molecule has 8 nitrogen and oxygen atoms in total. The molecule has 0 unspecified atom stereocenters. The highest BCUT2D eigenvalue weighted by atomic mass is 16.5. The third kappa shape index (κ3) is 3.10. The number of aryl methyl sites for hydroxylation is 2. The molecule has 3 rings (SSSR count). The van der Waals surface area contributed by atoms with Crippen molar-refractivity contribution in [3.8, 4) is 0 Å². The first kappa shape index (κ1) is 13.7. The molecule has 0 spiro atoms. The van der Waals surface area contributed by atoms with E-state index in [2.05, 4.69) is 20.3 Å². The molecule has 21 heavy (non-hydrogen) atoms. The van der Waals surface area contributed by atoms with Crippen molar-refractivity contribution in [1.29, 1.82) is 0 Å². The first-order chi connectivity index (χ1) is 10.1. The van der Waals surface area contributed by atoms with Gasteiger partial charge in [-0.25, -0.2) is 4.98 Å². The molecule has 112 valence electrons. The molecule has 0 saturated carbocycles. The Morgan fingerprint density at radius 3 is 3.05 bits per heavy atom.